The summed E-state index contributed by atoms with van der Waals surface area (Å²) in [5.41, 5.74) is 2.57. The Kier molecular flexibility index (Phi) is 2.92. The largest absolute Gasteiger partial charge is 0.490 e. The van der Waals surface area contributed by atoms with Gasteiger partial charge in [-0.3, -0.25) is 4.98 Å². The summed E-state index contributed by atoms with van der Waals surface area (Å²) in [7, 11) is 0. The van der Waals surface area contributed by atoms with Crippen LogP contribution in [0.25, 0.3) is 0 Å². The van der Waals surface area contributed by atoms with Gasteiger partial charge in [0.15, 0.2) is 0 Å². The van der Waals surface area contributed by atoms with E-state index in [9.17, 15) is 0 Å². The van der Waals surface area contributed by atoms with E-state index >= 15 is 0 Å². The summed E-state index contributed by atoms with van der Waals surface area (Å²) in [4.78, 5) is 4.33. The number of nitrogens with zero attached hydrogens (tertiary/aromatic N) is 1. The Morgan fingerprint density at radius 1 is 1.31 bits per heavy atom. The first-order valence-electron chi connectivity index (χ1n) is 6.16. The van der Waals surface area contributed by atoms with Crippen LogP contribution in [0, 0.1) is 0 Å². The van der Waals surface area contributed by atoms with E-state index in [0.717, 1.165) is 12.2 Å². The summed E-state index contributed by atoms with van der Waals surface area (Å²) in [5, 5.41) is 0. The molecule has 0 aliphatic heterocycles. The molecule has 2 rings (SSSR count). The fourth-order valence-electron chi connectivity index (χ4n) is 1.77. The van der Waals surface area contributed by atoms with Gasteiger partial charge in [0.25, 0.3) is 0 Å². The van der Waals surface area contributed by atoms with E-state index in [1.54, 1.807) is 0 Å². The van der Waals surface area contributed by atoms with Crippen LogP contribution < -0.4 is 4.74 Å². The molecule has 0 bridgehead atoms. The number of hydrogen-bond donors (Lipinski definition) is 0. The third kappa shape index (κ3) is 2.37. The van der Waals surface area contributed by atoms with Crippen LogP contribution in [0.5, 0.6) is 5.75 Å². The van der Waals surface area contributed by atoms with Crippen LogP contribution in [-0.4, -0.2) is 11.1 Å². The van der Waals surface area contributed by atoms with Crippen molar-refractivity contribution in [2.75, 3.05) is 0 Å². The number of aryl methyl sites for hydroxylation is 1. The molecule has 0 spiro atoms. The van der Waals surface area contributed by atoms with Gasteiger partial charge in [0.2, 0.25) is 0 Å². The minimum Gasteiger partial charge on any atom is -0.490 e. The van der Waals surface area contributed by atoms with E-state index in [-0.39, 0.29) is 5.41 Å². The van der Waals surface area contributed by atoms with Gasteiger partial charge in [-0.1, -0.05) is 27.7 Å². The van der Waals surface area contributed by atoms with Crippen molar-refractivity contribution >= 4 is 0 Å². The predicted molar refractivity (Wildman–Crippen MR) is 66.0 cm³/mol. The molecule has 1 fully saturated rings. The summed E-state index contributed by atoms with van der Waals surface area (Å²) >= 11 is 0. The molecular weight excluding hydrogens is 198 g/mol. The van der Waals surface area contributed by atoms with E-state index in [4.69, 9.17) is 4.74 Å². The fourth-order valence-corrected chi connectivity index (χ4v) is 1.77. The molecule has 88 valence electrons. The number of rotatable bonds is 3. The highest BCUT2D eigenvalue weighted by molar-refractivity contribution is 5.43. The number of aromatic nitrogens is 1. The SMILES string of the molecule is CCc1cncc(C(C)(C)C)c1OC1CC1. The Bertz CT molecular complexity index is 375. The zero-order valence-electron chi connectivity index (χ0n) is 10.7. The van der Waals surface area contributed by atoms with E-state index < -0.39 is 0 Å². The average Bonchev–Trinajstić information content (AvgIpc) is 3.00. The lowest BCUT2D eigenvalue weighted by molar-refractivity contribution is 0.291. The average molecular weight is 219 g/mol. The fraction of sp³-hybridized carbons (Fsp3) is 0.643. The minimum atomic E-state index is 0.0996. The molecule has 1 aromatic rings. The van der Waals surface area contributed by atoms with Crippen molar-refractivity contribution in [2.45, 2.75) is 58.5 Å². The molecule has 0 atom stereocenters. The molecule has 1 aliphatic rings. The zero-order chi connectivity index (χ0) is 11.8. The molecule has 0 radical (unpaired) electrons. The lowest BCUT2D eigenvalue weighted by Gasteiger charge is -2.24. The van der Waals surface area contributed by atoms with Crippen molar-refractivity contribution in [1.82, 2.24) is 4.98 Å². The molecule has 0 amide bonds. The Balaban J connectivity index is 2.41. The van der Waals surface area contributed by atoms with E-state index in [1.807, 2.05) is 12.4 Å². The van der Waals surface area contributed by atoms with Crippen LogP contribution in [0.2, 0.25) is 0 Å². The Hall–Kier alpha value is -1.05. The zero-order valence-corrected chi connectivity index (χ0v) is 10.7. The molecule has 0 N–H and O–H groups in total. The lowest BCUT2D eigenvalue weighted by atomic mass is 9.86. The monoisotopic (exact) mass is 219 g/mol. The first-order chi connectivity index (χ1) is 7.52. The van der Waals surface area contributed by atoms with Gasteiger partial charge in [-0.25, -0.2) is 0 Å². The van der Waals surface area contributed by atoms with E-state index in [0.29, 0.717) is 6.10 Å². The first kappa shape index (κ1) is 11.4. The maximum absolute atomic E-state index is 6.06. The highest BCUT2D eigenvalue weighted by atomic mass is 16.5. The molecular formula is C14H21NO. The molecule has 16 heavy (non-hydrogen) atoms. The van der Waals surface area contributed by atoms with Crippen LogP contribution in [0.15, 0.2) is 12.4 Å². The Labute approximate surface area is 98.0 Å². The first-order valence-corrected chi connectivity index (χ1v) is 6.16. The standard InChI is InChI=1S/C14H21NO/c1-5-10-8-15-9-12(14(2,3)4)13(10)16-11-6-7-11/h8-9,11H,5-7H2,1-4H3. The highest BCUT2D eigenvalue weighted by Gasteiger charge is 2.28. The second-order valence-electron chi connectivity index (χ2n) is 5.60. The van der Waals surface area contributed by atoms with E-state index in [2.05, 4.69) is 32.7 Å². The van der Waals surface area contributed by atoms with Gasteiger partial charge >= 0.3 is 0 Å². The van der Waals surface area contributed by atoms with Crippen molar-refractivity contribution in [2.24, 2.45) is 0 Å². The normalized spacial score (nSPS) is 16.2. The molecule has 0 saturated heterocycles. The molecule has 0 unspecified atom stereocenters. The Morgan fingerprint density at radius 2 is 2.00 bits per heavy atom. The molecule has 1 heterocycles. The molecule has 2 heteroatoms. The summed E-state index contributed by atoms with van der Waals surface area (Å²) in [6, 6.07) is 0. The van der Waals surface area contributed by atoms with Gasteiger partial charge in [0, 0.05) is 23.5 Å². The molecule has 0 aromatic carbocycles. The summed E-state index contributed by atoms with van der Waals surface area (Å²) in [5.74, 6) is 1.09. The molecule has 1 saturated carbocycles. The lowest BCUT2D eigenvalue weighted by Crippen LogP contribution is -2.16. The molecule has 1 aromatic heterocycles. The van der Waals surface area contributed by atoms with Gasteiger partial charge in [0.05, 0.1) is 6.10 Å². The van der Waals surface area contributed by atoms with E-state index in [1.165, 1.54) is 24.0 Å². The van der Waals surface area contributed by atoms with Crippen molar-refractivity contribution < 1.29 is 4.74 Å². The second-order valence-corrected chi connectivity index (χ2v) is 5.60. The predicted octanol–water partition coefficient (Wildman–Crippen LogP) is 3.48. The maximum Gasteiger partial charge on any atom is 0.129 e. The maximum atomic E-state index is 6.06. The molecule has 2 nitrogen and oxygen atoms in total. The second kappa shape index (κ2) is 4.08. The van der Waals surface area contributed by atoms with Gasteiger partial charge < -0.3 is 4.74 Å². The van der Waals surface area contributed by atoms with Gasteiger partial charge in [-0.05, 0) is 24.7 Å². The third-order valence-corrected chi connectivity index (χ3v) is 2.97. The van der Waals surface area contributed by atoms with Crippen molar-refractivity contribution in [3.63, 3.8) is 0 Å². The van der Waals surface area contributed by atoms with Crippen LogP contribution >= 0.6 is 0 Å². The van der Waals surface area contributed by atoms with Crippen LogP contribution in [0.1, 0.15) is 51.7 Å². The van der Waals surface area contributed by atoms with Gasteiger partial charge in [-0.15, -0.1) is 0 Å². The third-order valence-electron chi connectivity index (χ3n) is 2.97. The van der Waals surface area contributed by atoms with Crippen molar-refractivity contribution in [1.29, 1.82) is 0 Å². The quantitative estimate of drug-likeness (QED) is 0.776. The number of ether oxygens (including phenoxy) is 1. The topological polar surface area (TPSA) is 22.1 Å². The summed E-state index contributed by atoms with van der Waals surface area (Å²) in [6.45, 7) is 8.79. The molecule has 1 aliphatic carbocycles. The van der Waals surface area contributed by atoms with Crippen molar-refractivity contribution in [3.05, 3.63) is 23.5 Å². The number of pyridine rings is 1. The van der Waals surface area contributed by atoms with Crippen LogP contribution in [0.3, 0.4) is 0 Å². The summed E-state index contributed by atoms with van der Waals surface area (Å²) < 4.78 is 6.06. The van der Waals surface area contributed by atoms with Gasteiger partial charge in [0.1, 0.15) is 5.75 Å². The van der Waals surface area contributed by atoms with Crippen molar-refractivity contribution in [3.8, 4) is 5.75 Å². The highest BCUT2D eigenvalue weighted by Crippen LogP contribution is 2.37. The smallest absolute Gasteiger partial charge is 0.129 e. The number of hydrogen-bond acceptors (Lipinski definition) is 2. The summed E-state index contributed by atoms with van der Waals surface area (Å²) in [6.07, 6.45) is 7.74. The van der Waals surface area contributed by atoms with Crippen LogP contribution in [0.4, 0.5) is 0 Å². The van der Waals surface area contributed by atoms with Gasteiger partial charge in [-0.2, -0.15) is 0 Å². The Morgan fingerprint density at radius 3 is 2.50 bits per heavy atom. The van der Waals surface area contributed by atoms with Crippen LogP contribution in [-0.2, 0) is 11.8 Å². The minimum absolute atomic E-state index is 0.0996.